The van der Waals surface area contributed by atoms with Crippen LogP contribution in [0.4, 0.5) is 20.6 Å². The van der Waals surface area contributed by atoms with Gasteiger partial charge in [0.1, 0.15) is 23.4 Å². The number of methoxy groups -OCH3 is 1. The molecule has 1 aliphatic heterocycles. The highest BCUT2D eigenvalue weighted by Gasteiger charge is 2.46. The van der Waals surface area contributed by atoms with Crippen molar-refractivity contribution in [1.29, 1.82) is 0 Å². The lowest BCUT2D eigenvalue weighted by molar-refractivity contribution is -0.124. The fourth-order valence-corrected chi connectivity index (χ4v) is 4.05. The molecule has 4 rings (SSSR count). The molecule has 37 heavy (non-hydrogen) atoms. The van der Waals surface area contributed by atoms with Gasteiger partial charge in [-0.15, -0.1) is 0 Å². The zero-order valence-electron chi connectivity index (χ0n) is 20.6. The van der Waals surface area contributed by atoms with Gasteiger partial charge < -0.3 is 19.7 Å². The van der Waals surface area contributed by atoms with E-state index < -0.39 is 29.7 Å². The zero-order valence-corrected chi connectivity index (χ0v) is 20.6. The second-order valence-corrected chi connectivity index (χ2v) is 8.55. The number of hydrogen-bond acceptors (Lipinski definition) is 5. The molecule has 3 aromatic carbocycles. The lowest BCUT2D eigenvalue weighted by Gasteiger charge is -2.22. The number of halogens is 1. The van der Waals surface area contributed by atoms with Crippen LogP contribution < -0.4 is 19.7 Å². The summed E-state index contributed by atoms with van der Waals surface area (Å²) in [5.41, 5.74) is 1.51. The van der Waals surface area contributed by atoms with Gasteiger partial charge in [0.2, 0.25) is 5.91 Å². The summed E-state index contributed by atoms with van der Waals surface area (Å²) in [6, 6.07) is 17.5. The van der Waals surface area contributed by atoms with Crippen molar-refractivity contribution < 1.29 is 28.2 Å². The number of hydrogen-bond donors (Lipinski definition) is 1. The topological polar surface area (TPSA) is 88.2 Å². The molecule has 192 valence electrons. The molecular formula is C28H28FN3O5. The van der Waals surface area contributed by atoms with Crippen molar-refractivity contribution in [3.8, 4) is 11.5 Å². The first-order chi connectivity index (χ1) is 17.9. The number of carbonyl (C=O) groups excluding carboxylic acids is 3. The SMILES string of the molecule is CCCOc1ccc(NC(=O)C[C@@H]2C(=O)N(c3ccc(F)cc3)C(=O)N2Cc2cccc(OC)c2)cc1. The summed E-state index contributed by atoms with van der Waals surface area (Å²) >= 11 is 0. The molecular weight excluding hydrogens is 477 g/mol. The summed E-state index contributed by atoms with van der Waals surface area (Å²) in [7, 11) is 1.54. The number of nitrogens with one attached hydrogen (secondary N) is 1. The average Bonchev–Trinajstić information content (AvgIpc) is 3.12. The molecule has 1 atom stereocenters. The van der Waals surface area contributed by atoms with Crippen LogP contribution in [0.1, 0.15) is 25.3 Å². The maximum Gasteiger partial charge on any atom is 0.332 e. The van der Waals surface area contributed by atoms with Gasteiger partial charge in [-0.05, 0) is 72.6 Å². The van der Waals surface area contributed by atoms with Crippen molar-refractivity contribution in [3.05, 3.63) is 84.2 Å². The van der Waals surface area contributed by atoms with Crippen molar-refractivity contribution in [2.75, 3.05) is 23.9 Å². The van der Waals surface area contributed by atoms with Crippen LogP contribution in [0.25, 0.3) is 0 Å². The van der Waals surface area contributed by atoms with E-state index in [1.807, 2.05) is 6.92 Å². The van der Waals surface area contributed by atoms with Crippen LogP contribution in [0.3, 0.4) is 0 Å². The van der Waals surface area contributed by atoms with Crippen LogP contribution in [0, 0.1) is 5.82 Å². The minimum absolute atomic E-state index is 0.0842. The zero-order chi connectivity index (χ0) is 26.4. The molecule has 1 N–H and O–H groups in total. The van der Waals surface area contributed by atoms with E-state index in [1.54, 1.807) is 48.5 Å². The number of anilines is 2. The van der Waals surface area contributed by atoms with Gasteiger partial charge in [-0.3, -0.25) is 9.59 Å². The molecule has 0 radical (unpaired) electrons. The smallest absolute Gasteiger partial charge is 0.332 e. The minimum atomic E-state index is -1.05. The quantitative estimate of drug-likeness (QED) is 0.392. The summed E-state index contributed by atoms with van der Waals surface area (Å²) in [4.78, 5) is 42.1. The molecule has 0 unspecified atom stereocenters. The lowest BCUT2D eigenvalue weighted by atomic mass is 10.1. The molecule has 9 heteroatoms. The highest BCUT2D eigenvalue weighted by molar-refractivity contribution is 6.22. The Labute approximate surface area is 214 Å². The molecule has 0 aromatic heterocycles. The molecule has 0 aliphatic carbocycles. The van der Waals surface area contributed by atoms with Crippen LogP contribution in [0.15, 0.2) is 72.8 Å². The van der Waals surface area contributed by atoms with Crippen molar-refractivity contribution in [2.45, 2.75) is 32.4 Å². The third kappa shape index (κ3) is 6.06. The normalized spacial score (nSPS) is 15.2. The molecule has 3 aromatic rings. The molecule has 0 spiro atoms. The van der Waals surface area contributed by atoms with Gasteiger partial charge in [-0.2, -0.15) is 0 Å². The van der Waals surface area contributed by atoms with Crippen LogP contribution in [0.5, 0.6) is 11.5 Å². The molecule has 1 heterocycles. The number of benzene rings is 3. The maximum absolute atomic E-state index is 13.5. The third-order valence-electron chi connectivity index (χ3n) is 5.88. The number of nitrogens with zero attached hydrogens (tertiary/aromatic N) is 2. The Kier molecular flexibility index (Phi) is 8.02. The second-order valence-electron chi connectivity index (χ2n) is 8.55. The highest BCUT2D eigenvalue weighted by atomic mass is 19.1. The molecule has 1 aliphatic rings. The van der Waals surface area contributed by atoms with Gasteiger partial charge in [-0.1, -0.05) is 19.1 Å². The van der Waals surface area contributed by atoms with E-state index in [0.717, 1.165) is 16.9 Å². The fraction of sp³-hybridized carbons (Fsp3) is 0.250. The van der Waals surface area contributed by atoms with Gasteiger partial charge in [-0.25, -0.2) is 14.1 Å². The van der Waals surface area contributed by atoms with Gasteiger partial charge in [0.05, 0.1) is 25.8 Å². The predicted molar refractivity (Wildman–Crippen MR) is 137 cm³/mol. The van der Waals surface area contributed by atoms with Crippen LogP contribution >= 0.6 is 0 Å². The number of urea groups is 1. The first-order valence-corrected chi connectivity index (χ1v) is 12.0. The first-order valence-electron chi connectivity index (χ1n) is 12.0. The first kappa shape index (κ1) is 25.7. The number of amides is 4. The number of carbonyl (C=O) groups is 3. The van der Waals surface area contributed by atoms with Gasteiger partial charge in [0, 0.05) is 12.2 Å². The maximum atomic E-state index is 13.5. The summed E-state index contributed by atoms with van der Waals surface area (Å²) in [5.74, 6) is -0.177. The van der Waals surface area contributed by atoms with Crippen molar-refractivity contribution in [3.63, 3.8) is 0 Å². The monoisotopic (exact) mass is 505 g/mol. The molecule has 0 saturated carbocycles. The summed E-state index contributed by atoms with van der Waals surface area (Å²) < 4.78 is 24.3. The Bertz CT molecular complexity index is 1260. The van der Waals surface area contributed by atoms with Crippen molar-refractivity contribution in [2.24, 2.45) is 0 Å². The number of imide groups is 1. The van der Waals surface area contributed by atoms with Gasteiger partial charge in [0.25, 0.3) is 5.91 Å². The fourth-order valence-electron chi connectivity index (χ4n) is 4.05. The van der Waals surface area contributed by atoms with E-state index in [1.165, 1.54) is 36.3 Å². The average molecular weight is 506 g/mol. The van der Waals surface area contributed by atoms with E-state index in [0.29, 0.717) is 23.8 Å². The van der Waals surface area contributed by atoms with E-state index in [4.69, 9.17) is 9.47 Å². The minimum Gasteiger partial charge on any atom is -0.497 e. The van der Waals surface area contributed by atoms with Crippen molar-refractivity contribution in [1.82, 2.24) is 4.90 Å². The largest absolute Gasteiger partial charge is 0.497 e. The number of rotatable bonds is 10. The summed E-state index contributed by atoms with van der Waals surface area (Å²) in [6.45, 7) is 2.69. The lowest BCUT2D eigenvalue weighted by Crippen LogP contribution is -2.37. The molecule has 1 saturated heterocycles. The van der Waals surface area contributed by atoms with Crippen LogP contribution in [0.2, 0.25) is 0 Å². The molecule has 8 nitrogen and oxygen atoms in total. The predicted octanol–water partition coefficient (Wildman–Crippen LogP) is 4.99. The molecule has 4 amide bonds. The summed E-state index contributed by atoms with van der Waals surface area (Å²) in [5, 5.41) is 2.78. The Morgan fingerprint density at radius 2 is 1.73 bits per heavy atom. The van der Waals surface area contributed by atoms with Crippen molar-refractivity contribution >= 4 is 29.2 Å². The van der Waals surface area contributed by atoms with Crippen LogP contribution in [-0.2, 0) is 16.1 Å². The van der Waals surface area contributed by atoms with E-state index in [9.17, 15) is 18.8 Å². The standard InChI is InChI=1S/C28H28FN3O5/c1-3-15-37-23-13-9-21(10-14-23)30-26(33)17-25-27(34)32(22-11-7-20(29)8-12-22)28(35)31(25)18-19-5-4-6-24(16-19)36-2/h4-14,16,25H,3,15,17-18H2,1-2H3,(H,30,33)/t25-/m1/s1. The van der Waals surface area contributed by atoms with E-state index in [2.05, 4.69) is 5.32 Å². The Hall–Kier alpha value is -4.40. The van der Waals surface area contributed by atoms with Crippen LogP contribution in [-0.4, -0.2) is 42.5 Å². The number of ether oxygens (including phenoxy) is 2. The summed E-state index contributed by atoms with van der Waals surface area (Å²) in [6.07, 6.45) is 0.633. The second kappa shape index (κ2) is 11.6. The van der Waals surface area contributed by atoms with Gasteiger partial charge in [0.15, 0.2) is 0 Å². The Morgan fingerprint density at radius 1 is 1.00 bits per heavy atom. The van der Waals surface area contributed by atoms with E-state index >= 15 is 0 Å². The Morgan fingerprint density at radius 3 is 2.41 bits per heavy atom. The molecule has 1 fully saturated rings. The molecule has 0 bridgehead atoms. The van der Waals surface area contributed by atoms with Gasteiger partial charge >= 0.3 is 6.03 Å². The van der Waals surface area contributed by atoms with E-state index in [-0.39, 0.29) is 18.7 Å². The third-order valence-corrected chi connectivity index (χ3v) is 5.88. The Balaban J connectivity index is 1.55. The highest BCUT2D eigenvalue weighted by Crippen LogP contribution is 2.29.